The van der Waals surface area contributed by atoms with Gasteiger partial charge in [-0.2, -0.15) is 4.98 Å². The second-order valence-corrected chi connectivity index (χ2v) is 4.40. The summed E-state index contributed by atoms with van der Waals surface area (Å²) in [6.45, 7) is 4.96. The zero-order valence-corrected chi connectivity index (χ0v) is 11.0. The SMILES string of the molecule is CCC(OC)c1noc(CCC(C)CCN)n1. The lowest BCUT2D eigenvalue weighted by Gasteiger charge is -2.07. The average Bonchev–Trinajstić information content (AvgIpc) is 2.77. The van der Waals surface area contributed by atoms with Gasteiger partial charge >= 0.3 is 0 Å². The maximum Gasteiger partial charge on any atom is 0.226 e. The van der Waals surface area contributed by atoms with Gasteiger partial charge in [-0.1, -0.05) is 19.0 Å². The molecule has 0 amide bonds. The van der Waals surface area contributed by atoms with E-state index in [9.17, 15) is 0 Å². The highest BCUT2D eigenvalue weighted by Crippen LogP contribution is 2.18. The highest BCUT2D eigenvalue weighted by molar-refractivity contribution is 4.91. The van der Waals surface area contributed by atoms with Crippen LogP contribution in [0.15, 0.2) is 4.52 Å². The third-order valence-corrected chi connectivity index (χ3v) is 2.94. The molecule has 17 heavy (non-hydrogen) atoms. The van der Waals surface area contributed by atoms with Crippen LogP contribution in [0.4, 0.5) is 0 Å². The lowest BCUT2D eigenvalue weighted by molar-refractivity contribution is 0.0903. The Kier molecular flexibility index (Phi) is 6.15. The van der Waals surface area contributed by atoms with E-state index >= 15 is 0 Å². The van der Waals surface area contributed by atoms with E-state index in [1.165, 1.54) is 0 Å². The van der Waals surface area contributed by atoms with Crippen LogP contribution in [0.5, 0.6) is 0 Å². The molecule has 1 aromatic heterocycles. The van der Waals surface area contributed by atoms with Crippen molar-refractivity contribution in [3.8, 4) is 0 Å². The van der Waals surface area contributed by atoms with Crippen molar-refractivity contribution in [1.29, 1.82) is 0 Å². The van der Waals surface area contributed by atoms with Gasteiger partial charge in [0.25, 0.3) is 0 Å². The number of nitrogens with zero attached hydrogens (tertiary/aromatic N) is 2. The second-order valence-electron chi connectivity index (χ2n) is 4.40. The topological polar surface area (TPSA) is 74.2 Å². The average molecular weight is 241 g/mol. The number of methoxy groups -OCH3 is 1. The van der Waals surface area contributed by atoms with Gasteiger partial charge in [-0.25, -0.2) is 0 Å². The minimum Gasteiger partial charge on any atom is -0.373 e. The van der Waals surface area contributed by atoms with E-state index in [1.54, 1.807) is 7.11 Å². The van der Waals surface area contributed by atoms with Crippen LogP contribution in [0.1, 0.15) is 50.9 Å². The molecular weight excluding hydrogens is 218 g/mol. The van der Waals surface area contributed by atoms with Gasteiger partial charge in [-0.15, -0.1) is 0 Å². The second kappa shape index (κ2) is 7.40. The first-order valence-electron chi connectivity index (χ1n) is 6.26. The Balaban J connectivity index is 2.45. The number of rotatable bonds is 8. The Morgan fingerprint density at radius 1 is 1.41 bits per heavy atom. The minimum absolute atomic E-state index is 0.0611. The zero-order valence-electron chi connectivity index (χ0n) is 11.0. The van der Waals surface area contributed by atoms with Crippen molar-refractivity contribution in [3.63, 3.8) is 0 Å². The van der Waals surface area contributed by atoms with Gasteiger partial charge in [0.15, 0.2) is 0 Å². The first-order chi connectivity index (χ1) is 8.21. The molecule has 0 fully saturated rings. The summed E-state index contributed by atoms with van der Waals surface area (Å²) in [7, 11) is 1.66. The summed E-state index contributed by atoms with van der Waals surface area (Å²) in [4.78, 5) is 4.35. The van der Waals surface area contributed by atoms with Gasteiger partial charge in [-0.05, 0) is 31.7 Å². The lowest BCUT2D eigenvalue weighted by Crippen LogP contribution is -2.07. The van der Waals surface area contributed by atoms with E-state index in [1.807, 2.05) is 6.92 Å². The largest absolute Gasteiger partial charge is 0.373 e. The van der Waals surface area contributed by atoms with E-state index in [0.29, 0.717) is 17.6 Å². The van der Waals surface area contributed by atoms with Crippen molar-refractivity contribution in [2.24, 2.45) is 11.7 Å². The Hall–Kier alpha value is -0.940. The fourth-order valence-corrected chi connectivity index (χ4v) is 1.75. The van der Waals surface area contributed by atoms with Crippen LogP contribution in [-0.2, 0) is 11.2 Å². The number of aryl methyl sites for hydroxylation is 1. The van der Waals surface area contributed by atoms with Crippen LogP contribution in [0.25, 0.3) is 0 Å². The van der Waals surface area contributed by atoms with E-state index in [4.69, 9.17) is 15.0 Å². The Bertz CT molecular complexity index is 310. The Morgan fingerprint density at radius 2 is 2.18 bits per heavy atom. The summed E-state index contributed by atoms with van der Waals surface area (Å²) >= 11 is 0. The third-order valence-electron chi connectivity index (χ3n) is 2.94. The number of hydrogen-bond acceptors (Lipinski definition) is 5. The summed E-state index contributed by atoms with van der Waals surface area (Å²) in [5, 5.41) is 3.95. The minimum atomic E-state index is -0.0611. The third kappa shape index (κ3) is 4.44. The van der Waals surface area contributed by atoms with E-state index in [-0.39, 0.29) is 6.10 Å². The summed E-state index contributed by atoms with van der Waals surface area (Å²) < 4.78 is 10.5. The normalized spacial score (nSPS) is 14.8. The molecule has 5 heteroatoms. The van der Waals surface area contributed by atoms with Crippen LogP contribution in [-0.4, -0.2) is 23.8 Å². The lowest BCUT2D eigenvalue weighted by atomic mass is 10.0. The molecular formula is C12H23N3O2. The van der Waals surface area contributed by atoms with Crippen LogP contribution in [0.2, 0.25) is 0 Å². The molecule has 2 N–H and O–H groups in total. The van der Waals surface area contributed by atoms with E-state index < -0.39 is 0 Å². The molecule has 5 nitrogen and oxygen atoms in total. The predicted molar refractivity (Wildman–Crippen MR) is 65.5 cm³/mol. The summed E-state index contributed by atoms with van der Waals surface area (Å²) in [6.07, 6.45) is 3.67. The number of nitrogens with two attached hydrogens (primary N) is 1. The number of ether oxygens (including phenoxy) is 1. The highest BCUT2D eigenvalue weighted by Gasteiger charge is 2.16. The standard InChI is InChI=1S/C12H23N3O2/c1-4-10(16-3)12-14-11(17-15-12)6-5-9(2)7-8-13/h9-10H,4-8,13H2,1-3H3. The van der Waals surface area contributed by atoms with Gasteiger partial charge in [-0.3, -0.25) is 0 Å². The molecule has 2 unspecified atom stereocenters. The Labute approximate surface area is 103 Å². The maximum atomic E-state index is 5.51. The molecule has 0 aromatic carbocycles. The molecule has 0 aliphatic heterocycles. The van der Waals surface area contributed by atoms with Crippen molar-refractivity contribution in [1.82, 2.24) is 10.1 Å². The molecule has 0 spiro atoms. The highest BCUT2D eigenvalue weighted by atomic mass is 16.5. The van der Waals surface area contributed by atoms with Crippen LogP contribution in [0.3, 0.4) is 0 Å². The van der Waals surface area contributed by atoms with Gasteiger partial charge in [0.05, 0.1) is 0 Å². The summed E-state index contributed by atoms with van der Waals surface area (Å²) in [5.41, 5.74) is 5.51. The zero-order chi connectivity index (χ0) is 12.7. The molecule has 0 radical (unpaired) electrons. The molecule has 0 saturated carbocycles. The molecule has 0 bridgehead atoms. The van der Waals surface area contributed by atoms with Crippen LogP contribution >= 0.6 is 0 Å². The smallest absolute Gasteiger partial charge is 0.226 e. The van der Waals surface area contributed by atoms with Crippen molar-refractivity contribution < 1.29 is 9.26 Å². The van der Waals surface area contributed by atoms with Crippen molar-refractivity contribution >= 4 is 0 Å². The predicted octanol–water partition coefficient (Wildman–Crippen LogP) is 2.08. The van der Waals surface area contributed by atoms with Crippen molar-refractivity contribution in [3.05, 3.63) is 11.7 Å². The van der Waals surface area contributed by atoms with Crippen LogP contribution in [0, 0.1) is 5.92 Å². The Morgan fingerprint density at radius 3 is 2.76 bits per heavy atom. The van der Waals surface area contributed by atoms with Gasteiger partial charge in [0.1, 0.15) is 6.10 Å². The molecule has 1 rings (SSSR count). The van der Waals surface area contributed by atoms with Gasteiger partial charge < -0.3 is 15.0 Å². The first-order valence-corrected chi connectivity index (χ1v) is 6.26. The quantitative estimate of drug-likeness (QED) is 0.754. The molecule has 1 heterocycles. The molecule has 0 aliphatic rings. The summed E-state index contributed by atoms with van der Waals surface area (Å²) in [6, 6.07) is 0. The molecule has 1 aromatic rings. The van der Waals surface area contributed by atoms with Gasteiger partial charge in [0.2, 0.25) is 11.7 Å². The molecule has 98 valence electrons. The fourth-order valence-electron chi connectivity index (χ4n) is 1.75. The van der Waals surface area contributed by atoms with Crippen LogP contribution < -0.4 is 5.73 Å². The monoisotopic (exact) mass is 241 g/mol. The fraction of sp³-hybridized carbons (Fsp3) is 0.833. The van der Waals surface area contributed by atoms with E-state index in [2.05, 4.69) is 17.1 Å². The molecule has 2 atom stereocenters. The summed E-state index contributed by atoms with van der Waals surface area (Å²) in [5.74, 6) is 1.94. The van der Waals surface area contributed by atoms with Gasteiger partial charge in [0, 0.05) is 13.5 Å². The maximum absolute atomic E-state index is 5.51. The van der Waals surface area contributed by atoms with Crippen molar-refractivity contribution in [2.75, 3.05) is 13.7 Å². The first kappa shape index (κ1) is 14.1. The van der Waals surface area contributed by atoms with E-state index in [0.717, 1.165) is 32.2 Å². The van der Waals surface area contributed by atoms with Crippen molar-refractivity contribution in [2.45, 2.75) is 45.6 Å². The molecule has 0 saturated heterocycles. The number of aromatic nitrogens is 2. The number of hydrogen-bond donors (Lipinski definition) is 1. The molecule has 0 aliphatic carbocycles.